The van der Waals surface area contributed by atoms with Gasteiger partial charge in [-0.25, -0.2) is 4.79 Å². The molecule has 1 saturated heterocycles. The molecule has 7 unspecified atom stereocenters. The van der Waals surface area contributed by atoms with Gasteiger partial charge in [0.1, 0.15) is 6.10 Å². The lowest BCUT2D eigenvalue weighted by molar-refractivity contribution is -0.168. The highest BCUT2D eigenvalue weighted by Gasteiger charge is 2.50. The van der Waals surface area contributed by atoms with Crippen LogP contribution in [0.15, 0.2) is 0 Å². The maximum Gasteiger partial charge on any atom is 0.347 e. The Hall–Kier alpha value is -1.59. The van der Waals surface area contributed by atoms with Crippen LogP contribution in [-0.2, 0) is 28.6 Å². The van der Waals surface area contributed by atoms with Gasteiger partial charge in [0, 0.05) is 6.42 Å². The smallest absolute Gasteiger partial charge is 0.347 e. The summed E-state index contributed by atoms with van der Waals surface area (Å²) in [4.78, 5) is 37.8. The Morgan fingerprint density at radius 2 is 1.81 bits per heavy atom. The fourth-order valence-electron chi connectivity index (χ4n) is 6.72. The SMILES string of the molecule is CC(CC(C)(CC1C2CCC(C2)C1C)C(=O)OC1CCCC1)C(=O)OC1CCOC1=O. The first-order valence-electron chi connectivity index (χ1n) is 12.3. The molecule has 1 heterocycles. The summed E-state index contributed by atoms with van der Waals surface area (Å²) in [6, 6.07) is 0. The number of hydrogen-bond acceptors (Lipinski definition) is 6. The molecule has 0 radical (unpaired) electrons. The molecule has 3 aliphatic carbocycles. The first-order chi connectivity index (χ1) is 14.8. The van der Waals surface area contributed by atoms with Gasteiger partial charge in [-0.05, 0) is 88.4 Å². The summed E-state index contributed by atoms with van der Waals surface area (Å²) in [6.45, 7) is 6.41. The summed E-state index contributed by atoms with van der Waals surface area (Å²) in [7, 11) is 0. The zero-order valence-electron chi connectivity index (χ0n) is 19.3. The second kappa shape index (κ2) is 9.11. The largest absolute Gasteiger partial charge is 0.463 e. The average molecular weight is 435 g/mol. The van der Waals surface area contributed by atoms with Crippen LogP contribution in [0.2, 0.25) is 0 Å². The third-order valence-electron chi connectivity index (χ3n) is 8.60. The van der Waals surface area contributed by atoms with Gasteiger partial charge in [-0.15, -0.1) is 0 Å². The number of fused-ring (bicyclic) bond motifs is 2. The Kier molecular flexibility index (Phi) is 6.64. The number of carbonyl (C=O) groups is 3. The van der Waals surface area contributed by atoms with E-state index in [1.165, 1.54) is 19.3 Å². The second-order valence-corrected chi connectivity index (χ2v) is 10.9. The third-order valence-corrected chi connectivity index (χ3v) is 8.60. The van der Waals surface area contributed by atoms with E-state index in [2.05, 4.69) is 6.92 Å². The molecule has 4 rings (SSSR count). The minimum atomic E-state index is -0.808. The van der Waals surface area contributed by atoms with Gasteiger partial charge >= 0.3 is 17.9 Å². The van der Waals surface area contributed by atoms with Gasteiger partial charge in [0.15, 0.2) is 0 Å². The van der Waals surface area contributed by atoms with Gasteiger partial charge < -0.3 is 14.2 Å². The van der Waals surface area contributed by atoms with Gasteiger partial charge in [0.2, 0.25) is 6.10 Å². The summed E-state index contributed by atoms with van der Waals surface area (Å²) in [5.41, 5.74) is -0.722. The summed E-state index contributed by atoms with van der Waals surface area (Å²) in [5.74, 6) is 1.05. The molecule has 4 fully saturated rings. The highest BCUT2D eigenvalue weighted by Crippen LogP contribution is 2.56. The van der Waals surface area contributed by atoms with E-state index < -0.39 is 29.4 Å². The van der Waals surface area contributed by atoms with Gasteiger partial charge in [-0.2, -0.15) is 0 Å². The van der Waals surface area contributed by atoms with E-state index in [0.29, 0.717) is 37.2 Å². The molecule has 4 aliphatic rings. The molecule has 6 heteroatoms. The second-order valence-electron chi connectivity index (χ2n) is 10.9. The number of hydrogen-bond donors (Lipinski definition) is 0. The number of ether oxygens (including phenoxy) is 3. The maximum absolute atomic E-state index is 13.4. The van der Waals surface area contributed by atoms with Crippen LogP contribution in [0.25, 0.3) is 0 Å². The first-order valence-corrected chi connectivity index (χ1v) is 12.3. The Morgan fingerprint density at radius 3 is 2.42 bits per heavy atom. The van der Waals surface area contributed by atoms with Gasteiger partial charge in [0.25, 0.3) is 0 Å². The number of cyclic esters (lactones) is 1. The molecule has 0 aromatic heterocycles. The Labute approximate surface area is 185 Å². The van der Waals surface area contributed by atoms with Crippen molar-refractivity contribution in [2.75, 3.05) is 6.61 Å². The molecule has 174 valence electrons. The lowest BCUT2D eigenvalue weighted by atomic mass is 9.68. The molecule has 0 aromatic carbocycles. The molecule has 7 atom stereocenters. The first kappa shape index (κ1) is 22.6. The lowest BCUT2D eigenvalue weighted by Crippen LogP contribution is -2.39. The number of rotatable bonds is 8. The molecule has 6 nitrogen and oxygen atoms in total. The van der Waals surface area contributed by atoms with Crippen LogP contribution in [0.4, 0.5) is 0 Å². The molecular formula is C25H38O6. The van der Waals surface area contributed by atoms with E-state index >= 15 is 0 Å². The molecule has 3 saturated carbocycles. The van der Waals surface area contributed by atoms with Crippen molar-refractivity contribution in [3.05, 3.63) is 0 Å². The zero-order valence-corrected chi connectivity index (χ0v) is 19.3. The normalized spacial score (nSPS) is 35.6. The van der Waals surface area contributed by atoms with Gasteiger partial charge in [0.05, 0.1) is 17.9 Å². The average Bonchev–Trinajstić information content (AvgIpc) is 3.51. The van der Waals surface area contributed by atoms with Crippen molar-refractivity contribution in [2.24, 2.45) is 35.0 Å². The summed E-state index contributed by atoms with van der Waals surface area (Å²) < 4.78 is 16.3. The minimum absolute atomic E-state index is 0.0137. The Morgan fingerprint density at radius 1 is 1.10 bits per heavy atom. The van der Waals surface area contributed by atoms with Crippen LogP contribution in [-0.4, -0.2) is 36.7 Å². The quantitative estimate of drug-likeness (QED) is 0.415. The standard InChI is InChI=1S/C25H38O6/c1-15(22(26)31-21-10-11-29-23(21)27)13-25(3,24(28)30-19-6-4-5-7-19)14-20-16(2)17-8-9-18(20)12-17/h15-21H,4-14H2,1-3H3. The van der Waals surface area contributed by atoms with E-state index in [9.17, 15) is 14.4 Å². The van der Waals surface area contributed by atoms with Crippen LogP contribution in [0.3, 0.4) is 0 Å². The predicted octanol–water partition coefficient (Wildman–Crippen LogP) is 4.44. The predicted molar refractivity (Wildman–Crippen MR) is 114 cm³/mol. The molecular weight excluding hydrogens is 396 g/mol. The molecule has 2 bridgehead atoms. The van der Waals surface area contributed by atoms with Crippen molar-refractivity contribution in [3.63, 3.8) is 0 Å². The Balaban J connectivity index is 1.45. The molecule has 0 spiro atoms. The van der Waals surface area contributed by atoms with Crippen LogP contribution < -0.4 is 0 Å². The number of esters is 3. The zero-order chi connectivity index (χ0) is 22.2. The van der Waals surface area contributed by atoms with E-state index in [1.54, 1.807) is 6.92 Å². The van der Waals surface area contributed by atoms with Crippen LogP contribution in [0.5, 0.6) is 0 Å². The van der Waals surface area contributed by atoms with Crippen molar-refractivity contribution >= 4 is 17.9 Å². The van der Waals surface area contributed by atoms with Crippen LogP contribution in [0.1, 0.15) is 85.0 Å². The van der Waals surface area contributed by atoms with E-state index in [1.807, 2.05) is 6.92 Å². The van der Waals surface area contributed by atoms with Crippen LogP contribution in [0, 0.1) is 35.0 Å². The Bertz CT molecular complexity index is 696. The maximum atomic E-state index is 13.4. The van der Waals surface area contributed by atoms with E-state index in [0.717, 1.165) is 38.0 Å². The molecule has 0 amide bonds. The lowest BCUT2D eigenvalue weighted by Gasteiger charge is -2.37. The molecule has 1 aliphatic heterocycles. The monoisotopic (exact) mass is 434 g/mol. The molecule has 0 N–H and O–H groups in total. The molecule has 31 heavy (non-hydrogen) atoms. The van der Waals surface area contributed by atoms with E-state index in [-0.39, 0.29) is 12.1 Å². The van der Waals surface area contributed by atoms with Crippen molar-refractivity contribution in [1.82, 2.24) is 0 Å². The molecule has 0 aromatic rings. The third kappa shape index (κ3) is 4.78. The van der Waals surface area contributed by atoms with E-state index in [4.69, 9.17) is 14.2 Å². The fraction of sp³-hybridized carbons (Fsp3) is 0.880. The highest BCUT2D eigenvalue weighted by molar-refractivity contribution is 5.82. The van der Waals surface area contributed by atoms with Crippen molar-refractivity contribution < 1.29 is 28.6 Å². The highest BCUT2D eigenvalue weighted by atomic mass is 16.6. The topological polar surface area (TPSA) is 78.9 Å². The van der Waals surface area contributed by atoms with Crippen molar-refractivity contribution in [2.45, 2.75) is 97.2 Å². The minimum Gasteiger partial charge on any atom is -0.463 e. The summed E-state index contributed by atoms with van der Waals surface area (Å²) in [6.07, 6.45) is 8.71. The van der Waals surface area contributed by atoms with Gasteiger partial charge in [-0.1, -0.05) is 13.8 Å². The summed E-state index contributed by atoms with van der Waals surface area (Å²) >= 11 is 0. The van der Waals surface area contributed by atoms with Gasteiger partial charge in [-0.3, -0.25) is 9.59 Å². The van der Waals surface area contributed by atoms with Crippen LogP contribution >= 0.6 is 0 Å². The van der Waals surface area contributed by atoms with Crippen molar-refractivity contribution in [3.8, 4) is 0 Å². The van der Waals surface area contributed by atoms with Crippen molar-refractivity contribution in [1.29, 1.82) is 0 Å². The number of carbonyl (C=O) groups excluding carboxylic acids is 3. The fourth-order valence-corrected chi connectivity index (χ4v) is 6.72. The summed E-state index contributed by atoms with van der Waals surface area (Å²) in [5, 5.41) is 0.